The van der Waals surface area contributed by atoms with Crippen LogP contribution in [0.25, 0.3) is 10.9 Å². The van der Waals surface area contributed by atoms with Crippen molar-refractivity contribution >= 4 is 28.5 Å². The third-order valence-electron chi connectivity index (χ3n) is 5.28. The number of aliphatic carboxylic acids is 1. The maximum Gasteiger partial charge on any atom is 0.304 e. The molecule has 30 heavy (non-hydrogen) atoms. The van der Waals surface area contributed by atoms with Gasteiger partial charge in [-0.25, -0.2) is 0 Å². The van der Waals surface area contributed by atoms with Crippen molar-refractivity contribution in [2.45, 2.75) is 25.7 Å². The number of rotatable bonds is 7. The van der Waals surface area contributed by atoms with Crippen LogP contribution in [0.4, 0.5) is 0 Å². The molecule has 0 fully saturated rings. The normalized spacial score (nSPS) is 12.1. The van der Waals surface area contributed by atoms with Gasteiger partial charge in [0.15, 0.2) is 0 Å². The molecule has 0 bridgehead atoms. The van der Waals surface area contributed by atoms with E-state index in [1.807, 2.05) is 42.6 Å². The van der Waals surface area contributed by atoms with E-state index >= 15 is 0 Å². The molecule has 1 atom stereocenters. The fourth-order valence-corrected chi connectivity index (χ4v) is 3.96. The zero-order valence-corrected chi connectivity index (χ0v) is 17.3. The highest BCUT2D eigenvalue weighted by Crippen LogP contribution is 2.36. The van der Waals surface area contributed by atoms with Crippen LogP contribution in [0.2, 0.25) is 5.02 Å². The van der Waals surface area contributed by atoms with E-state index in [-0.39, 0.29) is 12.3 Å². The molecule has 0 aliphatic heterocycles. The van der Waals surface area contributed by atoms with Crippen LogP contribution in [0, 0.1) is 0 Å². The van der Waals surface area contributed by atoms with Gasteiger partial charge in [0.25, 0.3) is 0 Å². The second-order valence-corrected chi connectivity index (χ2v) is 7.65. The maximum atomic E-state index is 11.7. The summed E-state index contributed by atoms with van der Waals surface area (Å²) >= 11 is 5.94. The molecule has 0 amide bonds. The molecule has 4 nitrogen and oxygen atoms in total. The van der Waals surface area contributed by atoms with Crippen molar-refractivity contribution in [3.8, 4) is 11.5 Å². The number of carboxylic acid groups (broad SMARTS) is 1. The molecule has 4 aromatic rings. The Morgan fingerprint density at radius 3 is 2.57 bits per heavy atom. The molecule has 0 radical (unpaired) electrons. The molecule has 152 valence electrons. The summed E-state index contributed by atoms with van der Waals surface area (Å²) in [5.74, 6) is 0.187. The fraction of sp³-hybridized carbons (Fsp3) is 0.160. The van der Waals surface area contributed by atoms with Crippen LogP contribution in [0.3, 0.4) is 0 Å². The third-order valence-corrected chi connectivity index (χ3v) is 5.53. The number of halogens is 1. The zero-order valence-electron chi connectivity index (χ0n) is 16.6. The van der Waals surface area contributed by atoms with Gasteiger partial charge >= 0.3 is 5.97 Å². The Kier molecular flexibility index (Phi) is 5.77. The highest BCUT2D eigenvalue weighted by molar-refractivity contribution is 6.30. The number of ether oxygens (including phenoxy) is 1. The standard InChI is InChI=1S/C25H22ClNO3/c1-2-16-5-4-8-21-23(15-27-25(16)21)22(14-24(28)29)17-6-3-7-20(13-17)30-19-11-9-18(26)10-12-19/h3-13,15,22,27H,2,14H2,1H3,(H,28,29)/t22-/m1/s1. The van der Waals surface area contributed by atoms with Crippen molar-refractivity contribution in [1.82, 2.24) is 4.98 Å². The van der Waals surface area contributed by atoms with Gasteiger partial charge in [0.1, 0.15) is 11.5 Å². The summed E-state index contributed by atoms with van der Waals surface area (Å²) in [6.07, 6.45) is 2.84. The number of hydrogen-bond donors (Lipinski definition) is 2. The van der Waals surface area contributed by atoms with Crippen LogP contribution in [0.1, 0.15) is 36.0 Å². The van der Waals surface area contributed by atoms with Crippen LogP contribution in [0.5, 0.6) is 11.5 Å². The number of carbonyl (C=O) groups is 1. The second kappa shape index (κ2) is 8.64. The average molecular weight is 420 g/mol. The quantitative estimate of drug-likeness (QED) is 0.347. The van der Waals surface area contributed by atoms with Gasteiger partial charge in [0, 0.05) is 28.0 Å². The number of H-pyrrole nitrogens is 1. The Labute approximate surface area is 180 Å². The van der Waals surface area contributed by atoms with E-state index in [4.69, 9.17) is 16.3 Å². The van der Waals surface area contributed by atoms with E-state index < -0.39 is 5.97 Å². The first-order valence-corrected chi connectivity index (χ1v) is 10.3. The zero-order chi connectivity index (χ0) is 21.1. The molecule has 0 aliphatic rings. The van der Waals surface area contributed by atoms with Crippen molar-refractivity contribution in [3.05, 3.63) is 94.6 Å². The molecule has 2 N–H and O–H groups in total. The van der Waals surface area contributed by atoms with Gasteiger partial charge in [0.2, 0.25) is 0 Å². The van der Waals surface area contributed by atoms with Gasteiger partial charge in [-0.2, -0.15) is 0 Å². The molecule has 0 saturated carbocycles. The Balaban J connectivity index is 1.73. The Morgan fingerprint density at radius 2 is 1.83 bits per heavy atom. The average Bonchev–Trinajstić information content (AvgIpc) is 3.18. The number of fused-ring (bicyclic) bond motifs is 1. The minimum atomic E-state index is -0.843. The lowest BCUT2D eigenvalue weighted by Gasteiger charge is -2.17. The molecule has 4 rings (SSSR count). The lowest BCUT2D eigenvalue weighted by Crippen LogP contribution is -2.08. The number of aromatic amines is 1. The lowest BCUT2D eigenvalue weighted by molar-refractivity contribution is -0.137. The molecule has 5 heteroatoms. The Morgan fingerprint density at radius 1 is 1.07 bits per heavy atom. The Hall–Kier alpha value is -3.24. The molecular weight excluding hydrogens is 398 g/mol. The smallest absolute Gasteiger partial charge is 0.304 e. The van der Waals surface area contributed by atoms with Crippen molar-refractivity contribution in [2.24, 2.45) is 0 Å². The first-order valence-electron chi connectivity index (χ1n) is 9.89. The van der Waals surface area contributed by atoms with Gasteiger partial charge in [-0.3, -0.25) is 4.79 Å². The summed E-state index contributed by atoms with van der Waals surface area (Å²) in [6.45, 7) is 2.11. The molecule has 1 aromatic heterocycles. The van der Waals surface area contributed by atoms with Crippen molar-refractivity contribution in [3.63, 3.8) is 0 Å². The van der Waals surface area contributed by atoms with Crippen LogP contribution in [-0.4, -0.2) is 16.1 Å². The Bertz CT molecular complexity index is 1180. The van der Waals surface area contributed by atoms with Gasteiger partial charge in [0.05, 0.1) is 6.42 Å². The van der Waals surface area contributed by atoms with Crippen LogP contribution < -0.4 is 4.74 Å². The summed E-state index contributed by atoms with van der Waals surface area (Å²) in [6, 6.07) is 20.9. The summed E-state index contributed by atoms with van der Waals surface area (Å²) in [5.41, 5.74) is 4.16. The van der Waals surface area contributed by atoms with E-state index in [1.165, 1.54) is 5.56 Å². The molecule has 3 aromatic carbocycles. The van der Waals surface area contributed by atoms with Crippen LogP contribution >= 0.6 is 11.6 Å². The monoisotopic (exact) mass is 419 g/mol. The van der Waals surface area contributed by atoms with E-state index in [0.29, 0.717) is 16.5 Å². The van der Waals surface area contributed by atoms with Crippen LogP contribution in [-0.2, 0) is 11.2 Å². The van der Waals surface area contributed by atoms with Crippen molar-refractivity contribution < 1.29 is 14.6 Å². The maximum absolute atomic E-state index is 11.7. The van der Waals surface area contributed by atoms with Gasteiger partial charge in [-0.15, -0.1) is 0 Å². The summed E-state index contributed by atoms with van der Waals surface area (Å²) in [5, 5.41) is 11.3. The third kappa shape index (κ3) is 4.19. The largest absolute Gasteiger partial charge is 0.481 e. The number of para-hydroxylation sites is 1. The van der Waals surface area contributed by atoms with Crippen LogP contribution in [0.15, 0.2) is 72.9 Å². The molecule has 0 unspecified atom stereocenters. The number of aryl methyl sites for hydroxylation is 1. The predicted molar refractivity (Wildman–Crippen MR) is 120 cm³/mol. The molecule has 1 heterocycles. The van der Waals surface area contributed by atoms with E-state index in [0.717, 1.165) is 28.5 Å². The summed E-state index contributed by atoms with van der Waals surface area (Å²) in [4.78, 5) is 15.0. The first kappa shape index (κ1) is 20.0. The van der Waals surface area contributed by atoms with E-state index in [1.54, 1.807) is 24.3 Å². The van der Waals surface area contributed by atoms with E-state index in [9.17, 15) is 9.90 Å². The predicted octanol–water partition coefficient (Wildman–Crippen LogP) is 6.78. The highest BCUT2D eigenvalue weighted by atomic mass is 35.5. The summed E-state index contributed by atoms with van der Waals surface area (Å²) in [7, 11) is 0. The van der Waals surface area contributed by atoms with Crippen molar-refractivity contribution in [1.29, 1.82) is 0 Å². The van der Waals surface area contributed by atoms with Gasteiger partial charge in [-0.05, 0) is 59.5 Å². The molecule has 0 spiro atoms. The number of aromatic nitrogens is 1. The number of nitrogens with one attached hydrogen (secondary N) is 1. The van der Waals surface area contributed by atoms with E-state index in [2.05, 4.69) is 18.0 Å². The molecule has 0 saturated heterocycles. The fourth-order valence-electron chi connectivity index (χ4n) is 3.84. The number of carboxylic acids is 1. The minimum Gasteiger partial charge on any atom is -0.481 e. The summed E-state index contributed by atoms with van der Waals surface area (Å²) < 4.78 is 5.96. The molecular formula is C25H22ClNO3. The van der Waals surface area contributed by atoms with Crippen molar-refractivity contribution in [2.75, 3.05) is 0 Å². The number of benzene rings is 3. The first-order chi connectivity index (χ1) is 14.5. The second-order valence-electron chi connectivity index (χ2n) is 7.22. The number of hydrogen-bond acceptors (Lipinski definition) is 2. The van der Waals surface area contributed by atoms with Gasteiger partial charge < -0.3 is 14.8 Å². The SMILES string of the molecule is CCc1cccc2c([C@H](CC(=O)O)c3cccc(Oc4ccc(Cl)cc4)c3)c[nH]c12. The topological polar surface area (TPSA) is 62.3 Å². The minimum absolute atomic E-state index is 0.00625. The highest BCUT2D eigenvalue weighted by Gasteiger charge is 2.22. The van der Waals surface area contributed by atoms with Gasteiger partial charge in [-0.1, -0.05) is 48.9 Å². The lowest BCUT2D eigenvalue weighted by atomic mass is 9.88. The molecule has 0 aliphatic carbocycles.